The van der Waals surface area contributed by atoms with Gasteiger partial charge in [-0.05, 0) is 31.4 Å². The molecule has 0 N–H and O–H groups in total. The molecular weight excluding hydrogens is 302 g/mol. The van der Waals surface area contributed by atoms with Gasteiger partial charge in [0.2, 0.25) is 11.8 Å². The lowest BCUT2D eigenvalue weighted by atomic mass is 9.90. The number of nitrogens with zero attached hydrogens (tertiary/aromatic N) is 3. The van der Waals surface area contributed by atoms with Gasteiger partial charge in [0.1, 0.15) is 0 Å². The Hall–Kier alpha value is -1.88. The molecule has 0 radical (unpaired) electrons. The lowest BCUT2D eigenvalue weighted by molar-refractivity contribution is -0.136. The number of piperidine rings is 1. The van der Waals surface area contributed by atoms with Crippen molar-refractivity contribution in [1.82, 2.24) is 14.7 Å². The van der Waals surface area contributed by atoms with Crippen LogP contribution in [0.4, 0.5) is 0 Å². The fourth-order valence-corrected chi connectivity index (χ4v) is 3.93. The third-order valence-electron chi connectivity index (χ3n) is 5.52. The van der Waals surface area contributed by atoms with Gasteiger partial charge in [0.25, 0.3) is 0 Å². The number of likely N-dealkylation sites (N-methyl/N-ethyl adjacent to an activating group) is 2. The minimum Gasteiger partial charge on any atom is -0.340 e. The van der Waals surface area contributed by atoms with Crippen LogP contribution in [0.25, 0.3) is 0 Å². The summed E-state index contributed by atoms with van der Waals surface area (Å²) in [6.45, 7) is 6.95. The minimum atomic E-state index is -0.120. The maximum Gasteiger partial charge on any atom is 0.242 e. The van der Waals surface area contributed by atoms with E-state index in [0.29, 0.717) is 0 Å². The van der Waals surface area contributed by atoms with Gasteiger partial charge in [0.05, 0.1) is 12.5 Å². The Morgan fingerprint density at radius 3 is 2.67 bits per heavy atom. The largest absolute Gasteiger partial charge is 0.340 e. The SMILES string of the molecule is Cc1ccc(C)c(CN2CC[C@@H]3[C@H](C2)C(=O)N(C)CC(=O)N3C)c1. The first kappa shape index (κ1) is 17.0. The summed E-state index contributed by atoms with van der Waals surface area (Å²) in [4.78, 5) is 30.6. The molecular formula is C19H27N3O2. The van der Waals surface area contributed by atoms with Gasteiger partial charge < -0.3 is 9.80 Å². The van der Waals surface area contributed by atoms with Crippen molar-refractivity contribution in [3.8, 4) is 0 Å². The normalized spacial score (nSPS) is 25.7. The van der Waals surface area contributed by atoms with Gasteiger partial charge in [0.15, 0.2) is 0 Å². The van der Waals surface area contributed by atoms with E-state index in [1.165, 1.54) is 16.7 Å². The molecule has 3 rings (SSSR count). The van der Waals surface area contributed by atoms with Gasteiger partial charge in [-0.15, -0.1) is 0 Å². The van der Waals surface area contributed by atoms with Crippen LogP contribution >= 0.6 is 0 Å². The summed E-state index contributed by atoms with van der Waals surface area (Å²) in [6.07, 6.45) is 0.858. The zero-order chi connectivity index (χ0) is 17.4. The number of likely N-dealkylation sites (tertiary alicyclic amines) is 1. The van der Waals surface area contributed by atoms with Crippen molar-refractivity contribution in [1.29, 1.82) is 0 Å². The number of rotatable bonds is 2. The molecule has 2 amide bonds. The molecule has 0 spiro atoms. The Morgan fingerprint density at radius 1 is 1.17 bits per heavy atom. The van der Waals surface area contributed by atoms with Crippen molar-refractivity contribution in [2.45, 2.75) is 32.9 Å². The molecule has 1 aromatic carbocycles. The van der Waals surface area contributed by atoms with E-state index in [-0.39, 0.29) is 30.3 Å². The van der Waals surface area contributed by atoms with Crippen LogP contribution < -0.4 is 0 Å². The predicted molar refractivity (Wildman–Crippen MR) is 93.5 cm³/mol. The van der Waals surface area contributed by atoms with Crippen LogP contribution in [-0.2, 0) is 16.1 Å². The average molecular weight is 329 g/mol. The summed E-state index contributed by atoms with van der Waals surface area (Å²) in [6, 6.07) is 6.56. The fraction of sp³-hybridized carbons (Fsp3) is 0.579. The molecule has 0 unspecified atom stereocenters. The monoisotopic (exact) mass is 329 g/mol. The summed E-state index contributed by atoms with van der Waals surface area (Å²) >= 11 is 0. The van der Waals surface area contributed by atoms with Crippen molar-refractivity contribution < 1.29 is 9.59 Å². The van der Waals surface area contributed by atoms with Crippen LogP contribution in [0.15, 0.2) is 18.2 Å². The molecule has 5 heteroatoms. The number of fused-ring (bicyclic) bond motifs is 1. The summed E-state index contributed by atoms with van der Waals surface area (Å²) in [5, 5.41) is 0. The van der Waals surface area contributed by atoms with Crippen LogP contribution in [0.5, 0.6) is 0 Å². The van der Waals surface area contributed by atoms with E-state index >= 15 is 0 Å². The maximum atomic E-state index is 12.7. The number of aryl methyl sites for hydroxylation is 2. The first-order valence-electron chi connectivity index (χ1n) is 8.66. The van der Waals surface area contributed by atoms with E-state index < -0.39 is 0 Å². The van der Waals surface area contributed by atoms with Crippen LogP contribution in [0, 0.1) is 19.8 Å². The summed E-state index contributed by atoms with van der Waals surface area (Å²) in [5.41, 5.74) is 3.88. The molecule has 0 saturated carbocycles. The molecule has 2 saturated heterocycles. The molecule has 1 aromatic rings. The van der Waals surface area contributed by atoms with Crippen LogP contribution in [-0.4, -0.2) is 66.3 Å². The van der Waals surface area contributed by atoms with E-state index in [0.717, 1.165) is 26.1 Å². The Balaban J connectivity index is 1.78. The Bertz CT molecular complexity index is 658. The average Bonchev–Trinajstić information content (AvgIpc) is 2.63. The minimum absolute atomic E-state index is 0.0322. The first-order valence-corrected chi connectivity index (χ1v) is 8.66. The molecule has 2 aliphatic rings. The Morgan fingerprint density at radius 2 is 1.92 bits per heavy atom. The predicted octanol–water partition coefficient (Wildman–Crippen LogP) is 1.42. The zero-order valence-corrected chi connectivity index (χ0v) is 15.1. The highest BCUT2D eigenvalue weighted by molar-refractivity contribution is 5.89. The molecule has 0 aromatic heterocycles. The van der Waals surface area contributed by atoms with E-state index in [9.17, 15) is 9.59 Å². The third kappa shape index (κ3) is 3.18. The van der Waals surface area contributed by atoms with Gasteiger partial charge >= 0.3 is 0 Å². The first-order chi connectivity index (χ1) is 11.4. The van der Waals surface area contributed by atoms with Gasteiger partial charge in [-0.3, -0.25) is 14.5 Å². The lowest BCUT2D eigenvalue weighted by Gasteiger charge is -2.40. The number of benzene rings is 1. The highest BCUT2D eigenvalue weighted by Crippen LogP contribution is 2.27. The number of amides is 2. The van der Waals surface area contributed by atoms with E-state index in [1.54, 1.807) is 16.8 Å². The van der Waals surface area contributed by atoms with E-state index in [2.05, 4.69) is 36.9 Å². The molecule has 24 heavy (non-hydrogen) atoms. The second-order valence-electron chi connectivity index (χ2n) is 7.33. The molecule has 5 nitrogen and oxygen atoms in total. The summed E-state index contributed by atoms with van der Waals surface area (Å²) in [7, 11) is 3.58. The van der Waals surface area contributed by atoms with Crippen LogP contribution in [0.1, 0.15) is 23.1 Å². The zero-order valence-electron chi connectivity index (χ0n) is 15.1. The molecule has 130 valence electrons. The molecule has 0 bridgehead atoms. The van der Waals surface area contributed by atoms with E-state index in [1.807, 2.05) is 7.05 Å². The highest BCUT2D eigenvalue weighted by atomic mass is 16.2. The molecule has 2 fully saturated rings. The summed E-state index contributed by atoms with van der Waals surface area (Å²) < 4.78 is 0. The Labute approximate surface area is 144 Å². The fourth-order valence-electron chi connectivity index (χ4n) is 3.93. The molecule has 0 aliphatic carbocycles. The van der Waals surface area contributed by atoms with Gasteiger partial charge in [-0.25, -0.2) is 0 Å². The second kappa shape index (κ2) is 6.55. The smallest absolute Gasteiger partial charge is 0.242 e. The number of hydrogen-bond acceptors (Lipinski definition) is 3. The number of carbonyl (C=O) groups excluding carboxylic acids is 2. The van der Waals surface area contributed by atoms with E-state index in [4.69, 9.17) is 0 Å². The van der Waals surface area contributed by atoms with Gasteiger partial charge in [-0.1, -0.05) is 23.8 Å². The summed E-state index contributed by atoms with van der Waals surface area (Å²) in [5.74, 6) is 0.0232. The van der Waals surface area contributed by atoms with Crippen molar-refractivity contribution in [2.75, 3.05) is 33.7 Å². The molecule has 2 heterocycles. The van der Waals surface area contributed by atoms with Gasteiger partial charge in [0, 0.05) is 39.8 Å². The second-order valence-corrected chi connectivity index (χ2v) is 7.33. The molecule has 2 atom stereocenters. The molecule has 2 aliphatic heterocycles. The maximum absolute atomic E-state index is 12.7. The van der Waals surface area contributed by atoms with Crippen molar-refractivity contribution in [3.63, 3.8) is 0 Å². The lowest BCUT2D eigenvalue weighted by Crippen LogP contribution is -2.52. The van der Waals surface area contributed by atoms with Crippen molar-refractivity contribution in [3.05, 3.63) is 34.9 Å². The van der Waals surface area contributed by atoms with Crippen LogP contribution in [0.2, 0.25) is 0 Å². The Kier molecular flexibility index (Phi) is 4.63. The van der Waals surface area contributed by atoms with Gasteiger partial charge in [-0.2, -0.15) is 0 Å². The van der Waals surface area contributed by atoms with Crippen LogP contribution in [0.3, 0.4) is 0 Å². The highest BCUT2D eigenvalue weighted by Gasteiger charge is 2.42. The van der Waals surface area contributed by atoms with Crippen molar-refractivity contribution >= 4 is 11.8 Å². The van der Waals surface area contributed by atoms with Crippen molar-refractivity contribution in [2.24, 2.45) is 5.92 Å². The standard InChI is InChI=1S/C19H27N3O2/c1-13-5-6-14(2)15(9-13)10-22-8-7-17-16(11-22)19(24)20(3)12-18(23)21(17)4/h5-6,9,16-17H,7-8,10-12H2,1-4H3/t16-,17+/m0/s1. The topological polar surface area (TPSA) is 43.9 Å². The number of carbonyl (C=O) groups is 2. The number of hydrogen-bond donors (Lipinski definition) is 0. The third-order valence-corrected chi connectivity index (χ3v) is 5.52. The quantitative estimate of drug-likeness (QED) is 0.824.